The standard InChI is InChI=1S/C23H33N5O/c1-2-28-18-22(16-24-28)21-8-10-25(11-9-21)19-23(29)27-14-12-26(13-15-27)17-20-6-4-3-5-7-20/h3-7,16,18,21H,2,8-15,17,19H2,1H3. The maximum atomic E-state index is 12.8. The number of benzene rings is 1. The fourth-order valence-electron chi connectivity index (χ4n) is 4.48. The Morgan fingerprint density at radius 2 is 1.72 bits per heavy atom. The van der Waals surface area contributed by atoms with E-state index in [0.29, 0.717) is 18.4 Å². The number of hydrogen-bond donors (Lipinski definition) is 0. The molecular weight excluding hydrogens is 362 g/mol. The maximum Gasteiger partial charge on any atom is 0.236 e. The molecule has 0 radical (unpaired) electrons. The molecule has 1 aromatic carbocycles. The van der Waals surface area contributed by atoms with Crippen LogP contribution >= 0.6 is 0 Å². The van der Waals surface area contributed by atoms with Gasteiger partial charge < -0.3 is 4.90 Å². The summed E-state index contributed by atoms with van der Waals surface area (Å²) < 4.78 is 2.00. The van der Waals surface area contributed by atoms with Crippen molar-refractivity contribution in [2.75, 3.05) is 45.8 Å². The Hall–Kier alpha value is -2.18. The van der Waals surface area contributed by atoms with Crippen LogP contribution in [0.1, 0.15) is 36.8 Å². The highest BCUT2D eigenvalue weighted by molar-refractivity contribution is 5.78. The van der Waals surface area contributed by atoms with Gasteiger partial charge in [0.15, 0.2) is 0 Å². The van der Waals surface area contributed by atoms with Gasteiger partial charge >= 0.3 is 0 Å². The van der Waals surface area contributed by atoms with E-state index in [9.17, 15) is 4.79 Å². The molecule has 6 nitrogen and oxygen atoms in total. The third-order valence-corrected chi connectivity index (χ3v) is 6.37. The minimum atomic E-state index is 0.293. The monoisotopic (exact) mass is 395 g/mol. The highest BCUT2D eigenvalue weighted by Gasteiger charge is 2.26. The third-order valence-electron chi connectivity index (χ3n) is 6.37. The van der Waals surface area contributed by atoms with Crippen LogP contribution in [0.5, 0.6) is 0 Å². The van der Waals surface area contributed by atoms with Gasteiger partial charge in [0.1, 0.15) is 0 Å². The number of carbonyl (C=O) groups is 1. The zero-order valence-electron chi connectivity index (χ0n) is 17.5. The van der Waals surface area contributed by atoms with Gasteiger partial charge in [-0.2, -0.15) is 5.10 Å². The summed E-state index contributed by atoms with van der Waals surface area (Å²) in [4.78, 5) is 19.6. The largest absolute Gasteiger partial charge is 0.339 e. The molecule has 0 unspecified atom stereocenters. The average Bonchev–Trinajstić information content (AvgIpc) is 3.25. The quantitative estimate of drug-likeness (QED) is 0.754. The first-order valence-electron chi connectivity index (χ1n) is 11.0. The molecule has 0 spiro atoms. The number of amides is 1. The van der Waals surface area contributed by atoms with Crippen LogP contribution in [0, 0.1) is 0 Å². The normalized spacial score (nSPS) is 19.6. The minimum absolute atomic E-state index is 0.293. The Morgan fingerprint density at radius 3 is 2.38 bits per heavy atom. The molecule has 29 heavy (non-hydrogen) atoms. The van der Waals surface area contributed by atoms with E-state index < -0.39 is 0 Å². The molecule has 0 bridgehead atoms. The van der Waals surface area contributed by atoms with Crippen LogP contribution < -0.4 is 0 Å². The van der Waals surface area contributed by atoms with Gasteiger partial charge in [-0.25, -0.2) is 0 Å². The zero-order valence-corrected chi connectivity index (χ0v) is 17.5. The molecule has 6 heteroatoms. The summed E-state index contributed by atoms with van der Waals surface area (Å²) >= 11 is 0. The summed E-state index contributed by atoms with van der Waals surface area (Å²) in [5, 5.41) is 4.41. The molecule has 0 N–H and O–H groups in total. The molecule has 2 aromatic rings. The van der Waals surface area contributed by atoms with Crippen LogP contribution in [-0.4, -0.2) is 76.2 Å². The highest BCUT2D eigenvalue weighted by Crippen LogP contribution is 2.27. The van der Waals surface area contributed by atoms with Crippen molar-refractivity contribution in [1.82, 2.24) is 24.5 Å². The summed E-state index contributed by atoms with van der Waals surface area (Å²) in [5.74, 6) is 0.879. The lowest BCUT2D eigenvalue weighted by Crippen LogP contribution is -2.51. The number of aromatic nitrogens is 2. The summed E-state index contributed by atoms with van der Waals surface area (Å²) in [6.45, 7) is 10.2. The molecule has 156 valence electrons. The van der Waals surface area contributed by atoms with Gasteiger partial charge in [0.05, 0.1) is 12.7 Å². The van der Waals surface area contributed by atoms with Gasteiger partial charge in [0.2, 0.25) is 5.91 Å². The van der Waals surface area contributed by atoms with Gasteiger partial charge in [-0.05, 0) is 49.9 Å². The van der Waals surface area contributed by atoms with Crippen molar-refractivity contribution in [2.45, 2.75) is 38.8 Å². The Kier molecular flexibility index (Phi) is 6.62. The number of carbonyl (C=O) groups excluding carboxylic acids is 1. The van der Waals surface area contributed by atoms with E-state index in [4.69, 9.17) is 0 Å². The molecule has 3 heterocycles. The first kappa shape index (κ1) is 20.1. The highest BCUT2D eigenvalue weighted by atomic mass is 16.2. The van der Waals surface area contributed by atoms with Crippen LogP contribution in [0.25, 0.3) is 0 Å². The number of likely N-dealkylation sites (tertiary alicyclic amines) is 1. The molecule has 0 atom stereocenters. The lowest BCUT2D eigenvalue weighted by atomic mass is 9.91. The molecule has 0 aliphatic carbocycles. The Labute approximate surface area is 174 Å². The van der Waals surface area contributed by atoms with Crippen LogP contribution in [0.2, 0.25) is 0 Å². The van der Waals surface area contributed by atoms with Gasteiger partial charge in [-0.3, -0.25) is 19.3 Å². The van der Waals surface area contributed by atoms with Crippen molar-refractivity contribution in [2.24, 2.45) is 0 Å². The van der Waals surface area contributed by atoms with Crippen LogP contribution in [0.15, 0.2) is 42.7 Å². The Morgan fingerprint density at radius 1 is 1.00 bits per heavy atom. The van der Waals surface area contributed by atoms with Crippen molar-refractivity contribution >= 4 is 5.91 Å². The second-order valence-corrected chi connectivity index (χ2v) is 8.32. The lowest BCUT2D eigenvalue weighted by Gasteiger charge is -2.37. The lowest BCUT2D eigenvalue weighted by molar-refractivity contribution is -0.134. The molecular formula is C23H33N5O. The predicted molar refractivity (Wildman–Crippen MR) is 115 cm³/mol. The van der Waals surface area contributed by atoms with Crippen molar-refractivity contribution in [1.29, 1.82) is 0 Å². The maximum absolute atomic E-state index is 12.8. The second-order valence-electron chi connectivity index (χ2n) is 8.32. The number of hydrogen-bond acceptors (Lipinski definition) is 4. The number of aryl methyl sites for hydroxylation is 1. The van der Waals surface area contributed by atoms with E-state index in [-0.39, 0.29) is 0 Å². The van der Waals surface area contributed by atoms with E-state index >= 15 is 0 Å². The average molecular weight is 396 g/mol. The van der Waals surface area contributed by atoms with Crippen molar-refractivity contribution in [3.8, 4) is 0 Å². The Bertz CT molecular complexity index is 774. The van der Waals surface area contributed by atoms with Gasteiger partial charge in [-0.1, -0.05) is 30.3 Å². The minimum Gasteiger partial charge on any atom is -0.339 e. The SMILES string of the molecule is CCn1cc(C2CCN(CC(=O)N3CCN(Cc4ccccc4)CC3)CC2)cn1. The van der Waals surface area contributed by atoms with E-state index in [1.54, 1.807) is 0 Å². The van der Waals surface area contributed by atoms with Crippen molar-refractivity contribution in [3.05, 3.63) is 53.9 Å². The third kappa shape index (κ3) is 5.25. The number of nitrogens with zero attached hydrogens (tertiary/aromatic N) is 5. The summed E-state index contributed by atoms with van der Waals surface area (Å²) in [5.41, 5.74) is 2.70. The molecule has 2 aliphatic rings. The van der Waals surface area contributed by atoms with Crippen molar-refractivity contribution < 1.29 is 4.79 Å². The first-order chi connectivity index (χ1) is 14.2. The number of rotatable bonds is 6. The molecule has 1 amide bonds. The molecule has 0 saturated carbocycles. The smallest absolute Gasteiger partial charge is 0.236 e. The molecule has 4 rings (SSSR count). The summed E-state index contributed by atoms with van der Waals surface area (Å²) in [7, 11) is 0. The molecule has 2 fully saturated rings. The van der Waals surface area contributed by atoms with E-state index in [0.717, 1.165) is 65.2 Å². The van der Waals surface area contributed by atoms with Crippen molar-refractivity contribution in [3.63, 3.8) is 0 Å². The van der Waals surface area contributed by atoms with Crippen LogP contribution in [0.3, 0.4) is 0 Å². The first-order valence-corrected chi connectivity index (χ1v) is 11.0. The number of piperidine rings is 1. The topological polar surface area (TPSA) is 44.6 Å². The van der Waals surface area contributed by atoms with Gasteiger partial charge in [-0.15, -0.1) is 0 Å². The van der Waals surface area contributed by atoms with E-state index in [1.165, 1.54) is 11.1 Å². The summed E-state index contributed by atoms with van der Waals surface area (Å²) in [6, 6.07) is 10.6. The number of piperazine rings is 1. The van der Waals surface area contributed by atoms with Crippen LogP contribution in [0.4, 0.5) is 0 Å². The second kappa shape index (κ2) is 9.55. The zero-order chi connectivity index (χ0) is 20.1. The predicted octanol–water partition coefficient (Wildman–Crippen LogP) is 2.43. The van der Waals surface area contributed by atoms with E-state index in [2.05, 4.69) is 63.3 Å². The Balaban J connectivity index is 1.19. The fraction of sp³-hybridized carbons (Fsp3) is 0.565. The fourth-order valence-corrected chi connectivity index (χ4v) is 4.48. The molecule has 2 aliphatic heterocycles. The van der Waals surface area contributed by atoms with Crippen LogP contribution in [-0.2, 0) is 17.9 Å². The molecule has 1 aromatic heterocycles. The molecule has 2 saturated heterocycles. The van der Waals surface area contributed by atoms with E-state index in [1.807, 2.05) is 10.9 Å². The van der Waals surface area contributed by atoms with Gasteiger partial charge in [0, 0.05) is 45.5 Å². The summed E-state index contributed by atoms with van der Waals surface area (Å²) in [6.07, 6.45) is 6.44. The van der Waals surface area contributed by atoms with Gasteiger partial charge in [0.25, 0.3) is 0 Å².